The number of benzene rings is 2. The van der Waals surface area contributed by atoms with Crippen molar-refractivity contribution in [2.45, 2.75) is 6.18 Å². The van der Waals surface area contributed by atoms with E-state index in [1.807, 2.05) is 0 Å². The highest BCUT2D eigenvalue weighted by Crippen LogP contribution is 2.37. The highest BCUT2D eigenvalue weighted by atomic mass is 35.5. The third kappa shape index (κ3) is 3.26. The fraction of sp³-hybridized carbons (Fsp3) is 0.0526. The molecule has 0 saturated carbocycles. The van der Waals surface area contributed by atoms with Gasteiger partial charge in [0.25, 0.3) is 0 Å². The Balaban J connectivity index is 1.99. The summed E-state index contributed by atoms with van der Waals surface area (Å²) in [6.45, 7) is 0. The first-order valence-corrected chi connectivity index (χ1v) is 8.18. The molecule has 2 aromatic heterocycles. The van der Waals surface area contributed by atoms with E-state index in [2.05, 4.69) is 10.1 Å². The molecule has 2 aromatic carbocycles. The summed E-state index contributed by atoms with van der Waals surface area (Å²) in [6.07, 6.45) is -3.47. The minimum absolute atomic E-state index is 0.0291. The van der Waals surface area contributed by atoms with E-state index in [-0.39, 0.29) is 16.7 Å². The number of fused-ring (bicyclic) bond motifs is 1. The van der Waals surface area contributed by atoms with Crippen molar-refractivity contribution in [3.8, 4) is 16.9 Å². The van der Waals surface area contributed by atoms with Gasteiger partial charge in [-0.25, -0.2) is 14.1 Å². The highest BCUT2D eigenvalue weighted by Gasteiger charge is 2.34. The van der Waals surface area contributed by atoms with E-state index >= 15 is 0 Å². The van der Waals surface area contributed by atoms with E-state index in [0.29, 0.717) is 16.3 Å². The van der Waals surface area contributed by atoms with E-state index in [0.717, 1.165) is 12.3 Å². The standard InChI is InChI=1S/C19H10ClF4N3/c20-12-3-1-11(2-4-12)17-9-16(19(22,23)24)15-10-25-27(18(15)26-17)14-7-5-13(21)6-8-14/h1-10H. The van der Waals surface area contributed by atoms with Crippen LogP contribution in [0.15, 0.2) is 60.8 Å². The van der Waals surface area contributed by atoms with Crippen molar-refractivity contribution in [2.24, 2.45) is 0 Å². The SMILES string of the molecule is Fc1ccc(-n2ncc3c(C(F)(F)F)cc(-c4ccc(Cl)cc4)nc32)cc1. The fourth-order valence-corrected chi connectivity index (χ4v) is 2.90. The second-order valence-corrected chi connectivity index (χ2v) is 6.27. The van der Waals surface area contributed by atoms with Crippen molar-refractivity contribution >= 4 is 22.6 Å². The molecule has 4 rings (SSSR count). The van der Waals surface area contributed by atoms with Gasteiger partial charge in [0.2, 0.25) is 0 Å². The first-order valence-electron chi connectivity index (χ1n) is 7.81. The van der Waals surface area contributed by atoms with Gasteiger partial charge in [-0.05, 0) is 42.5 Å². The van der Waals surface area contributed by atoms with Crippen molar-refractivity contribution in [1.82, 2.24) is 14.8 Å². The van der Waals surface area contributed by atoms with Crippen LogP contribution in [0.2, 0.25) is 5.02 Å². The zero-order valence-corrected chi connectivity index (χ0v) is 14.3. The smallest absolute Gasteiger partial charge is 0.228 e. The Morgan fingerprint density at radius 3 is 2.22 bits per heavy atom. The van der Waals surface area contributed by atoms with E-state index in [1.54, 1.807) is 24.3 Å². The van der Waals surface area contributed by atoms with Crippen LogP contribution in [0.4, 0.5) is 17.6 Å². The maximum absolute atomic E-state index is 13.6. The molecule has 0 aliphatic carbocycles. The predicted molar refractivity (Wildman–Crippen MR) is 94.3 cm³/mol. The number of nitrogens with zero attached hydrogens (tertiary/aromatic N) is 3. The predicted octanol–water partition coefficient (Wildman–Crippen LogP) is 5.90. The van der Waals surface area contributed by atoms with Gasteiger partial charge in [0.1, 0.15) is 5.82 Å². The number of halogens is 5. The Kier molecular flexibility index (Phi) is 4.11. The molecule has 0 bridgehead atoms. The molecule has 136 valence electrons. The molecular weight excluding hydrogens is 382 g/mol. The molecule has 4 aromatic rings. The maximum atomic E-state index is 13.6. The van der Waals surface area contributed by atoms with Crippen molar-refractivity contribution in [3.05, 3.63) is 77.2 Å². The third-order valence-corrected chi connectivity index (χ3v) is 4.31. The summed E-state index contributed by atoms with van der Waals surface area (Å²) >= 11 is 5.85. The molecule has 0 fully saturated rings. The number of hydrogen-bond donors (Lipinski definition) is 0. The topological polar surface area (TPSA) is 30.7 Å². The van der Waals surface area contributed by atoms with E-state index in [1.165, 1.54) is 28.9 Å². The molecular formula is C19H10ClF4N3. The van der Waals surface area contributed by atoms with E-state index < -0.39 is 17.6 Å². The Morgan fingerprint density at radius 1 is 0.926 bits per heavy atom. The third-order valence-electron chi connectivity index (χ3n) is 4.06. The van der Waals surface area contributed by atoms with Crippen molar-refractivity contribution in [2.75, 3.05) is 0 Å². The van der Waals surface area contributed by atoms with Crippen LogP contribution in [0, 0.1) is 5.82 Å². The van der Waals surface area contributed by atoms with Crippen LogP contribution in [0.3, 0.4) is 0 Å². The molecule has 3 nitrogen and oxygen atoms in total. The Hall–Kier alpha value is -2.93. The van der Waals surface area contributed by atoms with Crippen LogP contribution in [0.1, 0.15) is 5.56 Å². The normalized spacial score (nSPS) is 11.9. The maximum Gasteiger partial charge on any atom is 0.417 e. The molecule has 8 heteroatoms. The van der Waals surface area contributed by atoms with E-state index in [9.17, 15) is 17.6 Å². The summed E-state index contributed by atoms with van der Waals surface area (Å²) in [6, 6.07) is 12.6. The van der Waals surface area contributed by atoms with Gasteiger partial charge < -0.3 is 0 Å². The number of pyridine rings is 1. The first-order chi connectivity index (χ1) is 12.8. The zero-order valence-electron chi connectivity index (χ0n) is 13.5. The van der Waals surface area contributed by atoms with Gasteiger partial charge in [-0.15, -0.1) is 0 Å². The summed E-state index contributed by atoms with van der Waals surface area (Å²) in [5.41, 5.74) is 0.210. The molecule has 0 atom stereocenters. The van der Waals surface area contributed by atoms with Gasteiger partial charge in [0.05, 0.1) is 28.5 Å². The lowest BCUT2D eigenvalue weighted by Crippen LogP contribution is -2.07. The van der Waals surface area contributed by atoms with Crippen molar-refractivity contribution in [3.63, 3.8) is 0 Å². The lowest BCUT2D eigenvalue weighted by molar-refractivity contribution is -0.136. The molecule has 27 heavy (non-hydrogen) atoms. The van der Waals surface area contributed by atoms with Crippen LogP contribution in [-0.2, 0) is 6.18 Å². The second-order valence-electron chi connectivity index (χ2n) is 5.83. The number of rotatable bonds is 2. The van der Waals surface area contributed by atoms with Crippen LogP contribution in [0.25, 0.3) is 28.0 Å². The molecule has 0 spiro atoms. The fourth-order valence-electron chi connectivity index (χ4n) is 2.77. The van der Waals surface area contributed by atoms with Gasteiger partial charge in [-0.1, -0.05) is 23.7 Å². The van der Waals surface area contributed by atoms with Crippen molar-refractivity contribution in [1.29, 1.82) is 0 Å². The van der Waals surface area contributed by atoms with Gasteiger partial charge in [0, 0.05) is 10.6 Å². The Bertz CT molecular complexity index is 1120. The largest absolute Gasteiger partial charge is 0.417 e. The average Bonchev–Trinajstić information content (AvgIpc) is 3.05. The van der Waals surface area contributed by atoms with Gasteiger partial charge >= 0.3 is 6.18 Å². The zero-order chi connectivity index (χ0) is 19.2. The van der Waals surface area contributed by atoms with Crippen LogP contribution < -0.4 is 0 Å². The van der Waals surface area contributed by atoms with Gasteiger partial charge in [-0.3, -0.25) is 0 Å². The Morgan fingerprint density at radius 2 is 1.59 bits per heavy atom. The molecule has 0 aliphatic rings. The summed E-state index contributed by atoms with van der Waals surface area (Å²) in [4.78, 5) is 4.37. The second kappa shape index (κ2) is 6.35. The summed E-state index contributed by atoms with van der Waals surface area (Å²) in [5, 5.41) is 4.36. The van der Waals surface area contributed by atoms with Crippen LogP contribution >= 0.6 is 11.6 Å². The lowest BCUT2D eigenvalue weighted by Gasteiger charge is -2.11. The molecule has 0 amide bonds. The monoisotopic (exact) mass is 391 g/mol. The molecule has 0 saturated heterocycles. The summed E-state index contributed by atoms with van der Waals surface area (Å²) in [5.74, 6) is -0.457. The molecule has 0 aliphatic heterocycles. The van der Waals surface area contributed by atoms with Crippen LogP contribution in [-0.4, -0.2) is 14.8 Å². The number of hydrogen-bond acceptors (Lipinski definition) is 2. The Labute approximate surface area is 155 Å². The molecule has 0 unspecified atom stereocenters. The average molecular weight is 392 g/mol. The number of aromatic nitrogens is 3. The van der Waals surface area contributed by atoms with Gasteiger partial charge in [-0.2, -0.15) is 18.3 Å². The number of alkyl halides is 3. The van der Waals surface area contributed by atoms with Crippen LogP contribution in [0.5, 0.6) is 0 Å². The molecule has 0 radical (unpaired) electrons. The van der Waals surface area contributed by atoms with Crippen molar-refractivity contribution < 1.29 is 17.6 Å². The molecule has 2 heterocycles. The summed E-state index contributed by atoms with van der Waals surface area (Å²) < 4.78 is 55.2. The quantitative estimate of drug-likeness (QED) is 0.398. The van der Waals surface area contributed by atoms with Gasteiger partial charge in [0.15, 0.2) is 5.65 Å². The van der Waals surface area contributed by atoms with E-state index in [4.69, 9.17) is 11.6 Å². The lowest BCUT2D eigenvalue weighted by atomic mass is 10.1. The minimum atomic E-state index is -4.58. The summed E-state index contributed by atoms with van der Waals surface area (Å²) in [7, 11) is 0. The first kappa shape index (κ1) is 17.5. The minimum Gasteiger partial charge on any atom is -0.228 e. The highest BCUT2D eigenvalue weighted by molar-refractivity contribution is 6.30. The molecule has 0 N–H and O–H groups in total.